The van der Waals surface area contributed by atoms with E-state index in [1.165, 1.54) is 19.3 Å². The minimum atomic E-state index is 0.816. The van der Waals surface area contributed by atoms with Gasteiger partial charge in [0.15, 0.2) is 0 Å². The third-order valence-corrected chi connectivity index (χ3v) is 4.26. The van der Waals surface area contributed by atoms with E-state index in [1.807, 2.05) is 0 Å². The van der Waals surface area contributed by atoms with Gasteiger partial charge in [0, 0.05) is 0 Å². The maximum atomic E-state index is 2.36. The second kappa shape index (κ2) is 3.52. The molecule has 1 aromatic rings. The molecule has 2 saturated carbocycles. The summed E-state index contributed by atoms with van der Waals surface area (Å²) in [5.74, 6) is 2.66. The van der Waals surface area contributed by atoms with Crippen molar-refractivity contribution < 1.29 is 0 Å². The maximum Gasteiger partial charge on any atom is -0.00935 e. The summed E-state index contributed by atoms with van der Waals surface area (Å²) in [4.78, 5) is 0. The van der Waals surface area contributed by atoms with Gasteiger partial charge in [-0.2, -0.15) is 0 Å². The van der Waals surface area contributed by atoms with Crippen molar-refractivity contribution in [3.05, 3.63) is 47.5 Å². The summed E-state index contributed by atoms with van der Waals surface area (Å²) in [6.07, 6.45) is 6.61. The Balaban J connectivity index is 1.91. The van der Waals surface area contributed by atoms with E-state index in [1.54, 1.807) is 11.1 Å². The zero-order chi connectivity index (χ0) is 10.3. The van der Waals surface area contributed by atoms with Crippen LogP contribution in [0.15, 0.2) is 42.0 Å². The van der Waals surface area contributed by atoms with Crippen LogP contribution in [0.2, 0.25) is 0 Å². The second-order valence-corrected chi connectivity index (χ2v) is 5.03. The van der Waals surface area contributed by atoms with E-state index in [0.717, 1.165) is 17.8 Å². The fraction of sp³-hybridized carbons (Fsp3) is 0.467. The fourth-order valence-corrected chi connectivity index (χ4v) is 3.60. The van der Waals surface area contributed by atoms with Crippen LogP contribution in [-0.2, 0) is 0 Å². The van der Waals surface area contributed by atoms with Crippen molar-refractivity contribution in [3.8, 4) is 0 Å². The molecule has 0 heterocycles. The third-order valence-electron chi connectivity index (χ3n) is 4.26. The van der Waals surface area contributed by atoms with Crippen LogP contribution in [0.3, 0.4) is 0 Å². The smallest absolute Gasteiger partial charge is 0.00935 e. The number of allylic oxidation sites excluding steroid dienone is 2. The molecule has 0 aromatic heterocycles. The van der Waals surface area contributed by atoms with Gasteiger partial charge in [0.05, 0.1) is 0 Å². The Hall–Kier alpha value is -1.04. The lowest BCUT2D eigenvalue weighted by Gasteiger charge is -2.24. The van der Waals surface area contributed by atoms with Crippen molar-refractivity contribution >= 4 is 0 Å². The maximum absolute atomic E-state index is 2.36. The normalized spacial score (nSPS) is 36.3. The summed E-state index contributed by atoms with van der Waals surface area (Å²) >= 11 is 0. The average molecular weight is 198 g/mol. The van der Waals surface area contributed by atoms with E-state index in [4.69, 9.17) is 0 Å². The molecule has 2 bridgehead atoms. The number of benzene rings is 1. The molecule has 2 aliphatic rings. The highest BCUT2D eigenvalue weighted by Crippen LogP contribution is 2.55. The van der Waals surface area contributed by atoms with Gasteiger partial charge in [-0.3, -0.25) is 0 Å². The van der Waals surface area contributed by atoms with Gasteiger partial charge in [-0.1, -0.05) is 42.0 Å². The number of hydrogen-bond acceptors (Lipinski definition) is 0. The van der Waals surface area contributed by atoms with Gasteiger partial charge < -0.3 is 0 Å². The third kappa shape index (κ3) is 1.43. The van der Waals surface area contributed by atoms with Crippen LogP contribution in [0, 0.1) is 11.8 Å². The quantitative estimate of drug-likeness (QED) is 0.595. The van der Waals surface area contributed by atoms with E-state index >= 15 is 0 Å². The van der Waals surface area contributed by atoms with Crippen molar-refractivity contribution in [2.24, 2.45) is 11.8 Å². The van der Waals surface area contributed by atoms with Gasteiger partial charge in [-0.15, -0.1) is 0 Å². The predicted octanol–water partition coefficient (Wildman–Crippen LogP) is 4.15. The summed E-state index contributed by atoms with van der Waals surface area (Å²) in [6, 6.07) is 11.1. The molecular formula is C15H18. The average Bonchev–Trinajstić information content (AvgIpc) is 2.89. The highest BCUT2D eigenvalue weighted by molar-refractivity contribution is 5.30. The van der Waals surface area contributed by atoms with Crippen LogP contribution >= 0.6 is 0 Å². The zero-order valence-corrected chi connectivity index (χ0v) is 9.32. The Bertz CT molecular complexity index is 374. The molecule has 0 nitrogen and oxygen atoms in total. The molecule has 3 rings (SSSR count). The van der Waals surface area contributed by atoms with Gasteiger partial charge >= 0.3 is 0 Å². The Morgan fingerprint density at radius 2 is 1.80 bits per heavy atom. The van der Waals surface area contributed by atoms with Crippen LogP contribution in [0.5, 0.6) is 0 Å². The van der Waals surface area contributed by atoms with E-state index in [9.17, 15) is 0 Å². The Labute approximate surface area is 92.0 Å². The summed E-state index contributed by atoms with van der Waals surface area (Å²) in [5.41, 5.74) is 3.28. The van der Waals surface area contributed by atoms with E-state index in [2.05, 4.69) is 43.3 Å². The van der Waals surface area contributed by atoms with Crippen LogP contribution in [-0.4, -0.2) is 0 Å². The molecule has 78 valence electrons. The summed E-state index contributed by atoms with van der Waals surface area (Å²) in [7, 11) is 0. The van der Waals surface area contributed by atoms with Crippen molar-refractivity contribution in [2.45, 2.75) is 32.1 Å². The molecular weight excluding hydrogens is 180 g/mol. The molecule has 1 aromatic carbocycles. The van der Waals surface area contributed by atoms with Gasteiger partial charge in [-0.25, -0.2) is 0 Å². The predicted molar refractivity (Wildman–Crippen MR) is 63.8 cm³/mol. The number of hydrogen-bond donors (Lipinski definition) is 0. The van der Waals surface area contributed by atoms with Crippen LogP contribution in [0.1, 0.15) is 37.7 Å². The van der Waals surface area contributed by atoms with E-state index in [-0.39, 0.29) is 0 Å². The van der Waals surface area contributed by atoms with Crippen LogP contribution in [0.25, 0.3) is 0 Å². The molecule has 0 radical (unpaired) electrons. The first-order valence-electron chi connectivity index (χ1n) is 6.08. The highest BCUT2D eigenvalue weighted by atomic mass is 14.5. The van der Waals surface area contributed by atoms with Crippen molar-refractivity contribution in [2.75, 3.05) is 0 Å². The Kier molecular flexibility index (Phi) is 2.16. The molecule has 15 heavy (non-hydrogen) atoms. The molecule has 2 aliphatic carbocycles. The number of rotatable bonds is 1. The molecule has 0 heteroatoms. The Morgan fingerprint density at radius 1 is 1.07 bits per heavy atom. The van der Waals surface area contributed by atoms with Gasteiger partial charge in [0.1, 0.15) is 0 Å². The SMILES string of the molecule is C/C=C1\CC2CC1C(c1ccccc1)C2. The van der Waals surface area contributed by atoms with Crippen molar-refractivity contribution in [1.82, 2.24) is 0 Å². The highest BCUT2D eigenvalue weighted by Gasteiger charge is 2.42. The lowest BCUT2D eigenvalue weighted by Crippen LogP contribution is -2.10. The second-order valence-electron chi connectivity index (χ2n) is 5.03. The molecule has 0 aliphatic heterocycles. The lowest BCUT2D eigenvalue weighted by atomic mass is 9.80. The van der Waals surface area contributed by atoms with Crippen molar-refractivity contribution in [3.63, 3.8) is 0 Å². The fourth-order valence-electron chi connectivity index (χ4n) is 3.60. The first-order valence-corrected chi connectivity index (χ1v) is 6.08. The van der Waals surface area contributed by atoms with Crippen LogP contribution < -0.4 is 0 Å². The van der Waals surface area contributed by atoms with Gasteiger partial charge in [0.25, 0.3) is 0 Å². The lowest BCUT2D eigenvalue weighted by molar-refractivity contribution is 0.500. The number of fused-ring (bicyclic) bond motifs is 2. The molecule has 0 saturated heterocycles. The molecule has 0 amide bonds. The summed E-state index contributed by atoms with van der Waals surface area (Å²) in [5, 5.41) is 0. The molecule has 3 unspecified atom stereocenters. The minimum Gasteiger partial charge on any atom is -0.0881 e. The topological polar surface area (TPSA) is 0 Å². The van der Waals surface area contributed by atoms with Gasteiger partial charge in [0.2, 0.25) is 0 Å². The molecule has 3 atom stereocenters. The van der Waals surface area contributed by atoms with E-state index < -0.39 is 0 Å². The van der Waals surface area contributed by atoms with E-state index in [0.29, 0.717) is 0 Å². The zero-order valence-electron chi connectivity index (χ0n) is 9.32. The largest absolute Gasteiger partial charge is 0.0881 e. The van der Waals surface area contributed by atoms with Crippen molar-refractivity contribution in [1.29, 1.82) is 0 Å². The van der Waals surface area contributed by atoms with Gasteiger partial charge in [-0.05, 0) is 49.5 Å². The molecule has 0 N–H and O–H groups in total. The monoisotopic (exact) mass is 198 g/mol. The molecule has 0 spiro atoms. The minimum absolute atomic E-state index is 0.816. The molecule has 2 fully saturated rings. The first-order chi connectivity index (χ1) is 7.38. The summed E-state index contributed by atoms with van der Waals surface area (Å²) < 4.78 is 0. The standard InChI is InChI=1S/C15H18/c1-2-12-8-11-9-14(12)15(10-11)13-6-4-3-5-7-13/h2-7,11,14-15H,8-10H2,1H3/b12-2+. The summed E-state index contributed by atoms with van der Waals surface area (Å²) in [6.45, 7) is 2.21. The van der Waals surface area contributed by atoms with Crippen LogP contribution in [0.4, 0.5) is 0 Å². The Morgan fingerprint density at radius 3 is 2.47 bits per heavy atom. The first kappa shape index (κ1) is 9.21.